The second-order valence-corrected chi connectivity index (χ2v) is 7.33. The number of pyridine rings is 1. The summed E-state index contributed by atoms with van der Waals surface area (Å²) in [5.41, 5.74) is 1.60. The third-order valence-electron chi connectivity index (χ3n) is 4.93. The molecule has 0 unspecified atom stereocenters. The lowest BCUT2D eigenvalue weighted by Crippen LogP contribution is -2.41. The van der Waals surface area contributed by atoms with Crippen molar-refractivity contribution in [1.29, 1.82) is 0 Å². The van der Waals surface area contributed by atoms with Crippen molar-refractivity contribution >= 4 is 24.3 Å². The van der Waals surface area contributed by atoms with Crippen LogP contribution in [0.2, 0.25) is 0 Å². The monoisotopic (exact) mass is 338 g/mol. The molecule has 1 amide bonds. The van der Waals surface area contributed by atoms with Crippen LogP contribution in [0.3, 0.4) is 0 Å². The molecule has 1 aromatic carbocycles. The molecule has 0 spiro atoms. The number of aryl methyl sites for hydroxylation is 1. The van der Waals surface area contributed by atoms with Crippen LogP contribution in [0.5, 0.6) is 0 Å². The van der Waals surface area contributed by atoms with E-state index in [-0.39, 0.29) is 17.1 Å². The molecule has 0 aliphatic carbocycles. The van der Waals surface area contributed by atoms with Gasteiger partial charge in [0.15, 0.2) is 0 Å². The molecule has 2 aromatic rings. The highest BCUT2D eigenvalue weighted by Crippen LogP contribution is 2.36. The van der Waals surface area contributed by atoms with Crippen LogP contribution in [0.4, 0.5) is 5.82 Å². The van der Waals surface area contributed by atoms with Crippen molar-refractivity contribution in [3.05, 3.63) is 53.7 Å². The van der Waals surface area contributed by atoms with Crippen LogP contribution in [0.15, 0.2) is 42.6 Å². The Labute approximate surface area is 148 Å². The van der Waals surface area contributed by atoms with Crippen molar-refractivity contribution in [2.24, 2.45) is 0 Å². The number of aromatic nitrogens is 1. The highest BCUT2D eigenvalue weighted by Gasteiger charge is 2.51. The number of anilines is 1. The van der Waals surface area contributed by atoms with E-state index in [1.807, 2.05) is 52.8 Å². The third-order valence-corrected chi connectivity index (χ3v) is 4.93. The van der Waals surface area contributed by atoms with E-state index in [1.54, 1.807) is 24.4 Å². The maximum absolute atomic E-state index is 12.5. The van der Waals surface area contributed by atoms with Crippen LogP contribution in [0.25, 0.3) is 0 Å². The zero-order valence-electron chi connectivity index (χ0n) is 15.3. The fraction of sp³-hybridized carbons (Fsp3) is 0.368. The fourth-order valence-corrected chi connectivity index (χ4v) is 2.69. The molecule has 0 bridgehead atoms. The smallest absolute Gasteiger partial charge is 0.399 e. The first-order chi connectivity index (χ1) is 11.7. The summed E-state index contributed by atoms with van der Waals surface area (Å²) >= 11 is 0. The summed E-state index contributed by atoms with van der Waals surface area (Å²) in [6.45, 7) is 9.99. The first-order valence-electron chi connectivity index (χ1n) is 8.38. The molecule has 3 rings (SSSR count). The number of benzene rings is 1. The van der Waals surface area contributed by atoms with Gasteiger partial charge >= 0.3 is 7.12 Å². The second-order valence-electron chi connectivity index (χ2n) is 7.33. The summed E-state index contributed by atoms with van der Waals surface area (Å²) in [5.74, 6) is 0.346. The van der Waals surface area contributed by atoms with Crippen LogP contribution < -0.4 is 10.8 Å². The van der Waals surface area contributed by atoms with Gasteiger partial charge in [-0.15, -0.1) is 0 Å². The highest BCUT2D eigenvalue weighted by molar-refractivity contribution is 6.62. The summed E-state index contributed by atoms with van der Waals surface area (Å²) in [7, 11) is -0.434. The summed E-state index contributed by atoms with van der Waals surface area (Å²) in [4.78, 5) is 16.6. The fourth-order valence-electron chi connectivity index (χ4n) is 2.69. The van der Waals surface area contributed by atoms with Gasteiger partial charge in [-0.2, -0.15) is 0 Å². The van der Waals surface area contributed by atoms with Crippen LogP contribution in [-0.2, 0) is 9.31 Å². The lowest BCUT2D eigenvalue weighted by atomic mass is 9.78. The Bertz CT molecular complexity index is 775. The number of carbonyl (C=O) groups excluding carboxylic acids is 1. The van der Waals surface area contributed by atoms with Gasteiger partial charge in [-0.1, -0.05) is 18.2 Å². The predicted octanol–water partition coefficient (Wildman–Crippen LogP) is 2.94. The van der Waals surface area contributed by atoms with Crippen molar-refractivity contribution in [2.75, 3.05) is 5.32 Å². The topological polar surface area (TPSA) is 60.5 Å². The average Bonchev–Trinajstić information content (AvgIpc) is 2.76. The van der Waals surface area contributed by atoms with E-state index in [1.165, 1.54) is 0 Å². The molecule has 5 nitrogen and oxygen atoms in total. The molecule has 0 saturated carbocycles. The van der Waals surface area contributed by atoms with Gasteiger partial charge < -0.3 is 14.6 Å². The van der Waals surface area contributed by atoms with Gasteiger partial charge in [0.05, 0.1) is 11.2 Å². The second kappa shape index (κ2) is 6.28. The van der Waals surface area contributed by atoms with E-state index in [2.05, 4.69) is 10.3 Å². The quantitative estimate of drug-likeness (QED) is 0.874. The maximum atomic E-state index is 12.5. The molecule has 25 heavy (non-hydrogen) atoms. The van der Waals surface area contributed by atoms with Crippen LogP contribution >= 0.6 is 0 Å². The summed E-state index contributed by atoms with van der Waals surface area (Å²) in [6, 6.07) is 11.0. The first-order valence-corrected chi connectivity index (χ1v) is 8.38. The third kappa shape index (κ3) is 3.46. The standard InChI is InChI=1S/C19H23BN2O3/c1-13-12-14(20-24-18(2,3)19(4,5)25-20)9-10-15(13)17(23)22-16-8-6-7-11-21-16/h6-12H,1-5H3,(H,21,22,23). The molecular formula is C19H23BN2O3. The van der Waals surface area contributed by atoms with E-state index in [0.29, 0.717) is 11.4 Å². The van der Waals surface area contributed by atoms with Crippen LogP contribution in [0, 0.1) is 6.92 Å². The van der Waals surface area contributed by atoms with Gasteiger partial charge in [-0.3, -0.25) is 4.79 Å². The Kier molecular flexibility index (Phi) is 4.43. The molecule has 1 N–H and O–H groups in total. The van der Waals surface area contributed by atoms with Gasteiger partial charge in [-0.05, 0) is 63.8 Å². The van der Waals surface area contributed by atoms with Crippen LogP contribution in [0.1, 0.15) is 43.6 Å². The van der Waals surface area contributed by atoms with Gasteiger partial charge in [0.1, 0.15) is 5.82 Å². The average molecular weight is 338 g/mol. The zero-order chi connectivity index (χ0) is 18.2. The highest BCUT2D eigenvalue weighted by atomic mass is 16.7. The number of amides is 1. The molecule has 1 aliphatic heterocycles. The Morgan fingerprint density at radius 3 is 2.32 bits per heavy atom. The van der Waals surface area contributed by atoms with Crippen molar-refractivity contribution in [3.63, 3.8) is 0 Å². The molecular weight excluding hydrogens is 315 g/mol. The largest absolute Gasteiger partial charge is 0.494 e. The van der Waals surface area contributed by atoms with Gasteiger partial charge in [-0.25, -0.2) is 4.98 Å². The van der Waals surface area contributed by atoms with Gasteiger partial charge in [0.2, 0.25) is 0 Å². The minimum atomic E-state index is -0.434. The van der Waals surface area contributed by atoms with E-state index >= 15 is 0 Å². The van der Waals surface area contributed by atoms with E-state index in [4.69, 9.17) is 9.31 Å². The summed E-state index contributed by atoms with van der Waals surface area (Å²) in [5, 5.41) is 2.80. The number of carbonyl (C=O) groups is 1. The van der Waals surface area contributed by atoms with E-state index in [0.717, 1.165) is 11.0 Å². The number of hydrogen-bond donors (Lipinski definition) is 1. The molecule has 1 saturated heterocycles. The summed E-state index contributed by atoms with van der Waals surface area (Å²) in [6.07, 6.45) is 1.64. The SMILES string of the molecule is Cc1cc(B2OC(C)(C)C(C)(C)O2)ccc1C(=O)Nc1ccccn1. The normalized spacial score (nSPS) is 18.2. The Balaban J connectivity index is 1.79. The molecule has 6 heteroatoms. The number of hydrogen-bond acceptors (Lipinski definition) is 4. The number of rotatable bonds is 3. The molecule has 1 fully saturated rings. The van der Waals surface area contributed by atoms with Gasteiger partial charge in [0.25, 0.3) is 5.91 Å². The Hall–Kier alpha value is -2.18. The van der Waals surface area contributed by atoms with Gasteiger partial charge in [0, 0.05) is 11.8 Å². The molecule has 2 heterocycles. The van der Waals surface area contributed by atoms with Crippen molar-refractivity contribution < 1.29 is 14.1 Å². The molecule has 0 radical (unpaired) electrons. The lowest BCUT2D eigenvalue weighted by molar-refractivity contribution is 0.00578. The Morgan fingerprint density at radius 1 is 1.08 bits per heavy atom. The van der Waals surface area contributed by atoms with Crippen LogP contribution in [-0.4, -0.2) is 29.2 Å². The maximum Gasteiger partial charge on any atom is 0.494 e. The minimum absolute atomic E-state index is 0.184. The first kappa shape index (κ1) is 17.6. The molecule has 130 valence electrons. The van der Waals surface area contributed by atoms with Crippen molar-refractivity contribution in [2.45, 2.75) is 45.8 Å². The molecule has 1 aromatic heterocycles. The lowest BCUT2D eigenvalue weighted by Gasteiger charge is -2.32. The van der Waals surface area contributed by atoms with Crippen molar-refractivity contribution in [1.82, 2.24) is 4.98 Å². The molecule has 0 atom stereocenters. The molecule has 1 aliphatic rings. The van der Waals surface area contributed by atoms with Crippen molar-refractivity contribution in [3.8, 4) is 0 Å². The predicted molar refractivity (Wildman–Crippen MR) is 99.1 cm³/mol. The summed E-state index contributed by atoms with van der Waals surface area (Å²) < 4.78 is 12.1. The zero-order valence-corrected chi connectivity index (χ0v) is 15.3. The van der Waals surface area contributed by atoms with E-state index in [9.17, 15) is 4.79 Å². The number of nitrogens with one attached hydrogen (secondary N) is 1. The van der Waals surface area contributed by atoms with E-state index < -0.39 is 7.12 Å². The minimum Gasteiger partial charge on any atom is -0.399 e. The number of nitrogens with zero attached hydrogens (tertiary/aromatic N) is 1. The Morgan fingerprint density at radius 2 is 1.76 bits per heavy atom.